The fourth-order valence-corrected chi connectivity index (χ4v) is 4.48. The zero-order chi connectivity index (χ0) is 17.4. The lowest BCUT2D eigenvalue weighted by Crippen LogP contribution is -2.47. The van der Waals surface area contributed by atoms with Crippen molar-refractivity contribution >= 4 is 10.0 Å². The topological polar surface area (TPSA) is 49.4 Å². The lowest BCUT2D eigenvalue weighted by molar-refractivity contribution is 0.146. The van der Waals surface area contributed by atoms with E-state index in [1.165, 1.54) is 19.3 Å². The van der Waals surface area contributed by atoms with Gasteiger partial charge in [-0.25, -0.2) is 13.1 Å². The maximum atomic E-state index is 12.3. The van der Waals surface area contributed by atoms with Gasteiger partial charge >= 0.3 is 0 Å². The summed E-state index contributed by atoms with van der Waals surface area (Å²) in [7, 11) is -3.23. The summed E-state index contributed by atoms with van der Waals surface area (Å²) < 4.78 is 27.6. The molecule has 0 radical (unpaired) electrons. The summed E-state index contributed by atoms with van der Waals surface area (Å²) in [4.78, 5) is 2.48. The molecule has 2 rings (SSSR count). The minimum Gasteiger partial charge on any atom is -0.299 e. The number of likely N-dealkylation sites (tertiary alicyclic amines) is 1. The van der Waals surface area contributed by atoms with Crippen LogP contribution in [0.5, 0.6) is 0 Å². The first-order valence-electron chi connectivity index (χ1n) is 9.21. The standard InChI is InChI=1S/C19H32N2O2S/c1-17(2)15-19(21-12-7-4-8-13-21)16-20-24(22,23)14-11-18-9-5-3-6-10-18/h3,5-6,9-10,17,19-20H,4,7-8,11-16H2,1-2H3. The van der Waals surface area contributed by atoms with Crippen molar-refractivity contribution in [2.45, 2.75) is 52.0 Å². The van der Waals surface area contributed by atoms with Crippen LogP contribution in [-0.4, -0.2) is 44.7 Å². The lowest BCUT2D eigenvalue weighted by atomic mass is 10.00. The fourth-order valence-electron chi connectivity index (χ4n) is 3.38. The van der Waals surface area contributed by atoms with E-state index in [1.54, 1.807) is 0 Å². The van der Waals surface area contributed by atoms with E-state index >= 15 is 0 Å². The molecule has 1 aliphatic heterocycles. The number of hydrogen-bond donors (Lipinski definition) is 1. The predicted octanol–water partition coefficient (Wildman–Crippen LogP) is 3.05. The van der Waals surface area contributed by atoms with Crippen LogP contribution in [0.3, 0.4) is 0 Å². The van der Waals surface area contributed by atoms with Crippen molar-refractivity contribution in [2.24, 2.45) is 5.92 Å². The molecular formula is C19H32N2O2S. The van der Waals surface area contributed by atoms with Gasteiger partial charge in [0, 0.05) is 12.6 Å². The Morgan fingerprint density at radius 2 is 1.75 bits per heavy atom. The Kier molecular flexibility index (Phi) is 7.72. The Morgan fingerprint density at radius 1 is 1.08 bits per heavy atom. The summed E-state index contributed by atoms with van der Waals surface area (Å²) in [6.07, 6.45) is 5.37. The van der Waals surface area contributed by atoms with Gasteiger partial charge in [0.05, 0.1) is 5.75 Å². The number of rotatable bonds is 9. The van der Waals surface area contributed by atoms with Crippen LogP contribution in [-0.2, 0) is 16.4 Å². The molecule has 1 N–H and O–H groups in total. The SMILES string of the molecule is CC(C)CC(CNS(=O)(=O)CCc1ccccc1)N1CCCCC1. The molecule has 0 aliphatic carbocycles. The number of nitrogens with one attached hydrogen (secondary N) is 1. The number of piperidine rings is 1. The monoisotopic (exact) mass is 352 g/mol. The molecule has 1 aliphatic rings. The highest BCUT2D eigenvalue weighted by Crippen LogP contribution is 2.17. The van der Waals surface area contributed by atoms with Gasteiger partial charge in [0.1, 0.15) is 0 Å². The molecule has 4 nitrogen and oxygen atoms in total. The minimum atomic E-state index is -3.23. The van der Waals surface area contributed by atoms with Gasteiger partial charge in [-0.15, -0.1) is 0 Å². The van der Waals surface area contributed by atoms with Crippen molar-refractivity contribution in [3.05, 3.63) is 35.9 Å². The number of nitrogens with zero attached hydrogens (tertiary/aromatic N) is 1. The van der Waals surface area contributed by atoms with E-state index in [0.29, 0.717) is 24.9 Å². The molecule has 1 fully saturated rings. The summed E-state index contributed by atoms with van der Waals surface area (Å²) in [6, 6.07) is 10.1. The van der Waals surface area contributed by atoms with Crippen LogP contribution in [0.15, 0.2) is 30.3 Å². The van der Waals surface area contributed by atoms with Crippen LogP contribution in [0.2, 0.25) is 0 Å². The van der Waals surface area contributed by atoms with Crippen LogP contribution >= 0.6 is 0 Å². The van der Waals surface area contributed by atoms with Crippen LogP contribution < -0.4 is 4.72 Å². The van der Waals surface area contributed by atoms with Gasteiger partial charge in [-0.1, -0.05) is 50.6 Å². The third-order valence-corrected chi connectivity index (χ3v) is 6.04. The molecule has 1 aromatic carbocycles. The van der Waals surface area contributed by atoms with Crippen molar-refractivity contribution < 1.29 is 8.42 Å². The van der Waals surface area contributed by atoms with Gasteiger partial charge in [-0.05, 0) is 50.3 Å². The van der Waals surface area contributed by atoms with Gasteiger partial charge in [-0.2, -0.15) is 0 Å². The van der Waals surface area contributed by atoms with E-state index in [2.05, 4.69) is 23.5 Å². The zero-order valence-corrected chi connectivity index (χ0v) is 15.9. The van der Waals surface area contributed by atoms with Crippen LogP contribution in [0.25, 0.3) is 0 Å². The smallest absolute Gasteiger partial charge is 0.211 e. The molecule has 1 unspecified atom stereocenters. The van der Waals surface area contributed by atoms with Crippen LogP contribution in [0.1, 0.15) is 45.1 Å². The Balaban J connectivity index is 1.86. The zero-order valence-electron chi connectivity index (χ0n) is 15.1. The quantitative estimate of drug-likeness (QED) is 0.743. The molecule has 0 saturated carbocycles. The van der Waals surface area contributed by atoms with E-state index in [9.17, 15) is 8.42 Å². The number of sulfonamides is 1. The number of benzene rings is 1. The normalized spacial score (nSPS) is 18.0. The van der Waals surface area contributed by atoms with Gasteiger partial charge in [0.25, 0.3) is 0 Å². The molecule has 0 bridgehead atoms. The Hall–Kier alpha value is -0.910. The summed E-state index contributed by atoms with van der Waals surface area (Å²) in [5, 5.41) is 0. The molecule has 136 valence electrons. The van der Waals surface area contributed by atoms with Gasteiger partial charge in [0.2, 0.25) is 10.0 Å². The second-order valence-corrected chi connectivity index (χ2v) is 9.21. The summed E-state index contributed by atoms with van der Waals surface area (Å²) in [5.74, 6) is 0.733. The molecular weight excluding hydrogens is 320 g/mol. The largest absolute Gasteiger partial charge is 0.299 e. The average Bonchev–Trinajstić information content (AvgIpc) is 2.58. The van der Waals surface area contributed by atoms with E-state index in [1.807, 2.05) is 30.3 Å². The lowest BCUT2D eigenvalue weighted by Gasteiger charge is -2.35. The first-order valence-corrected chi connectivity index (χ1v) is 10.9. The first kappa shape index (κ1) is 19.4. The van der Waals surface area contributed by atoms with Crippen molar-refractivity contribution in [3.63, 3.8) is 0 Å². The third-order valence-electron chi connectivity index (χ3n) is 4.69. The first-order chi connectivity index (χ1) is 11.5. The molecule has 1 saturated heterocycles. The Morgan fingerprint density at radius 3 is 2.38 bits per heavy atom. The molecule has 24 heavy (non-hydrogen) atoms. The number of hydrogen-bond acceptors (Lipinski definition) is 3. The summed E-state index contributed by atoms with van der Waals surface area (Å²) in [5.41, 5.74) is 1.07. The fraction of sp³-hybridized carbons (Fsp3) is 0.684. The molecule has 1 aromatic rings. The Labute approximate surface area is 147 Å². The summed E-state index contributed by atoms with van der Waals surface area (Å²) >= 11 is 0. The molecule has 1 atom stereocenters. The molecule has 0 spiro atoms. The van der Waals surface area contributed by atoms with Crippen molar-refractivity contribution in [2.75, 3.05) is 25.4 Å². The van der Waals surface area contributed by atoms with Crippen LogP contribution in [0, 0.1) is 5.92 Å². The highest BCUT2D eigenvalue weighted by atomic mass is 32.2. The maximum Gasteiger partial charge on any atom is 0.211 e. The highest BCUT2D eigenvalue weighted by molar-refractivity contribution is 7.89. The molecule has 1 heterocycles. The van der Waals surface area contributed by atoms with E-state index in [0.717, 1.165) is 25.1 Å². The molecule has 0 aromatic heterocycles. The van der Waals surface area contributed by atoms with Gasteiger partial charge < -0.3 is 0 Å². The Bertz CT molecular complexity index is 566. The average molecular weight is 353 g/mol. The van der Waals surface area contributed by atoms with Gasteiger partial charge in [0.15, 0.2) is 0 Å². The van der Waals surface area contributed by atoms with E-state index < -0.39 is 10.0 Å². The number of aryl methyl sites for hydroxylation is 1. The maximum absolute atomic E-state index is 12.3. The third kappa shape index (κ3) is 6.91. The van der Waals surface area contributed by atoms with E-state index in [-0.39, 0.29) is 5.75 Å². The van der Waals surface area contributed by atoms with Crippen molar-refractivity contribution in [1.29, 1.82) is 0 Å². The second-order valence-electron chi connectivity index (χ2n) is 7.28. The van der Waals surface area contributed by atoms with E-state index in [4.69, 9.17) is 0 Å². The van der Waals surface area contributed by atoms with Crippen molar-refractivity contribution in [1.82, 2.24) is 9.62 Å². The van der Waals surface area contributed by atoms with Crippen LogP contribution in [0.4, 0.5) is 0 Å². The second kappa shape index (κ2) is 9.54. The minimum absolute atomic E-state index is 0.158. The van der Waals surface area contributed by atoms with Gasteiger partial charge in [-0.3, -0.25) is 4.90 Å². The highest BCUT2D eigenvalue weighted by Gasteiger charge is 2.23. The van der Waals surface area contributed by atoms with Crippen molar-refractivity contribution in [3.8, 4) is 0 Å². The predicted molar refractivity (Wildman–Crippen MR) is 101 cm³/mol. The molecule has 5 heteroatoms. The molecule has 0 amide bonds. The summed E-state index contributed by atoms with van der Waals surface area (Å²) in [6.45, 7) is 7.16.